The lowest BCUT2D eigenvalue weighted by Crippen LogP contribution is -2.43. The van der Waals surface area contributed by atoms with E-state index in [0.717, 1.165) is 31.1 Å². The highest BCUT2D eigenvalue weighted by Gasteiger charge is 2.23. The minimum atomic E-state index is -0.875. The summed E-state index contributed by atoms with van der Waals surface area (Å²) in [4.78, 5) is 27.1. The number of rotatable bonds is 4. The molecule has 1 atom stereocenters. The molecule has 0 bridgehead atoms. The van der Waals surface area contributed by atoms with Crippen LogP contribution in [0.5, 0.6) is 0 Å². The van der Waals surface area contributed by atoms with E-state index in [9.17, 15) is 13.6 Å². The first-order valence-corrected chi connectivity index (χ1v) is 10.2. The number of hydrogen-bond acceptors (Lipinski definition) is 7. The first kappa shape index (κ1) is 21.6. The molecule has 0 unspecified atom stereocenters. The Bertz CT molecular complexity index is 1170. The average Bonchev–Trinajstić information content (AvgIpc) is 2.76. The number of piperidine rings is 1. The molecular weight excluding hydrogens is 416 g/mol. The number of halogens is 2. The quantitative estimate of drug-likeness (QED) is 0.571. The van der Waals surface area contributed by atoms with Gasteiger partial charge in [0.25, 0.3) is 5.91 Å². The maximum absolute atomic E-state index is 14.6. The van der Waals surface area contributed by atoms with Crippen molar-refractivity contribution in [3.8, 4) is 11.4 Å². The van der Waals surface area contributed by atoms with Gasteiger partial charge in [0.1, 0.15) is 11.4 Å². The second-order valence-electron chi connectivity index (χ2n) is 7.74. The van der Waals surface area contributed by atoms with Gasteiger partial charge < -0.3 is 21.7 Å². The van der Waals surface area contributed by atoms with Gasteiger partial charge in [-0.25, -0.2) is 13.8 Å². The fourth-order valence-electron chi connectivity index (χ4n) is 3.73. The zero-order valence-electron chi connectivity index (χ0n) is 17.5. The van der Waals surface area contributed by atoms with E-state index >= 15 is 0 Å². The Morgan fingerprint density at radius 2 is 2.06 bits per heavy atom. The van der Waals surface area contributed by atoms with Crippen molar-refractivity contribution in [1.29, 1.82) is 0 Å². The molecular formula is C22H23F2N7O. The maximum Gasteiger partial charge on any atom is 0.276 e. The van der Waals surface area contributed by atoms with Crippen molar-refractivity contribution in [2.45, 2.75) is 25.8 Å². The van der Waals surface area contributed by atoms with E-state index in [1.807, 2.05) is 0 Å². The Kier molecular flexibility index (Phi) is 5.95. The lowest BCUT2D eigenvalue weighted by molar-refractivity contribution is 0.102. The Morgan fingerprint density at radius 3 is 2.84 bits per heavy atom. The van der Waals surface area contributed by atoms with Crippen LogP contribution < -0.4 is 21.7 Å². The molecule has 0 spiro atoms. The lowest BCUT2D eigenvalue weighted by Gasteiger charge is -2.33. The van der Waals surface area contributed by atoms with Crippen LogP contribution in [0, 0.1) is 18.6 Å². The molecule has 10 heteroatoms. The van der Waals surface area contributed by atoms with Crippen LogP contribution in [0.4, 0.5) is 25.8 Å². The van der Waals surface area contributed by atoms with Crippen molar-refractivity contribution in [3.05, 3.63) is 59.7 Å². The molecule has 0 saturated carbocycles. The van der Waals surface area contributed by atoms with E-state index in [4.69, 9.17) is 11.5 Å². The minimum Gasteiger partial charge on any atom is -0.397 e. The number of nitrogens with zero attached hydrogens (tertiary/aromatic N) is 4. The van der Waals surface area contributed by atoms with Gasteiger partial charge in [-0.1, -0.05) is 0 Å². The SMILES string of the molecule is Cc1ccnc(-c2nc(C(=O)Nc3cnccc3N3CCC[C@H](N)C3)c(N)cc2F)c1F. The Morgan fingerprint density at radius 1 is 1.25 bits per heavy atom. The predicted octanol–water partition coefficient (Wildman–Crippen LogP) is 2.89. The summed E-state index contributed by atoms with van der Waals surface area (Å²) in [7, 11) is 0. The van der Waals surface area contributed by atoms with Gasteiger partial charge in [-0.3, -0.25) is 14.8 Å². The molecule has 0 aromatic carbocycles. The third kappa shape index (κ3) is 4.22. The summed E-state index contributed by atoms with van der Waals surface area (Å²) in [5.41, 5.74) is 12.3. The van der Waals surface area contributed by atoms with Gasteiger partial charge in [0, 0.05) is 37.6 Å². The van der Waals surface area contributed by atoms with Crippen LogP contribution in [0.1, 0.15) is 28.9 Å². The zero-order valence-corrected chi connectivity index (χ0v) is 17.5. The molecule has 1 aliphatic heterocycles. The van der Waals surface area contributed by atoms with E-state index in [2.05, 4.69) is 25.2 Å². The van der Waals surface area contributed by atoms with Gasteiger partial charge in [-0.05, 0) is 37.5 Å². The third-order valence-corrected chi connectivity index (χ3v) is 5.37. The van der Waals surface area contributed by atoms with Crippen molar-refractivity contribution in [2.75, 3.05) is 29.0 Å². The van der Waals surface area contributed by atoms with E-state index in [-0.39, 0.29) is 34.4 Å². The van der Waals surface area contributed by atoms with Crippen LogP contribution in [0.2, 0.25) is 0 Å². The summed E-state index contributed by atoms with van der Waals surface area (Å²) < 4.78 is 29.1. The smallest absolute Gasteiger partial charge is 0.276 e. The molecule has 1 saturated heterocycles. The van der Waals surface area contributed by atoms with E-state index < -0.39 is 17.5 Å². The Labute approximate surface area is 183 Å². The molecule has 0 aliphatic carbocycles. The number of amides is 1. The summed E-state index contributed by atoms with van der Waals surface area (Å²) in [5.74, 6) is -2.26. The molecule has 1 aliphatic rings. The first-order valence-electron chi connectivity index (χ1n) is 10.2. The molecule has 3 aromatic rings. The van der Waals surface area contributed by atoms with Crippen molar-refractivity contribution in [2.24, 2.45) is 5.73 Å². The summed E-state index contributed by atoms with van der Waals surface area (Å²) in [6.45, 7) is 2.96. The van der Waals surface area contributed by atoms with Gasteiger partial charge in [0.05, 0.1) is 23.3 Å². The monoisotopic (exact) mass is 439 g/mol. The molecule has 8 nitrogen and oxygen atoms in total. The molecule has 5 N–H and O–H groups in total. The largest absolute Gasteiger partial charge is 0.397 e. The fourth-order valence-corrected chi connectivity index (χ4v) is 3.73. The first-order chi connectivity index (χ1) is 15.3. The summed E-state index contributed by atoms with van der Waals surface area (Å²) >= 11 is 0. The van der Waals surface area contributed by atoms with Gasteiger partial charge in [0.2, 0.25) is 0 Å². The maximum atomic E-state index is 14.6. The molecule has 166 valence electrons. The molecule has 0 radical (unpaired) electrons. The van der Waals surface area contributed by atoms with Gasteiger partial charge in [-0.2, -0.15) is 0 Å². The van der Waals surface area contributed by atoms with E-state index in [1.165, 1.54) is 25.4 Å². The normalized spacial score (nSPS) is 16.1. The second kappa shape index (κ2) is 8.83. The molecule has 1 fully saturated rings. The summed E-state index contributed by atoms with van der Waals surface area (Å²) in [6.07, 6.45) is 6.35. The lowest BCUT2D eigenvalue weighted by atomic mass is 10.1. The highest BCUT2D eigenvalue weighted by molar-refractivity contribution is 6.07. The number of carbonyl (C=O) groups excluding carboxylic acids is 1. The van der Waals surface area contributed by atoms with Gasteiger partial charge in [-0.15, -0.1) is 0 Å². The number of carbonyl (C=O) groups is 1. The summed E-state index contributed by atoms with van der Waals surface area (Å²) in [6, 6.07) is 4.22. The van der Waals surface area contributed by atoms with Crippen molar-refractivity contribution in [3.63, 3.8) is 0 Å². The van der Waals surface area contributed by atoms with Crippen molar-refractivity contribution >= 4 is 23.0 Å². The Hall–Kier alpha value is -3.66. The fraction of sp³-hybridized carbons (Fsp3) is 0.273. The van der Waals surface area contributed by atoms with Crippen LogP contribution in [0.15, 0.2) is 36.8 Å². The zero-order chi connectivity index (χ0) is 22.8. The van der Waals surface area contributed by atoms with Gasteiger partial charge in [0.15, 0.2) is 17.3 Å². The second-order valence-corrected chi connectivity index (χ2v) is 7.74. The highest BCUT2D eigenvalue weighted by Crippen LogP contribution is 2.29. The van der Waals surface area contributed by atoms with Crippen LogP contribution in [-0.2, 0) is 0 Å². The Balaban J connectivity index is 1.67. The molecule has 4 heterocycles. The number of hydrogen-bond donors (Lipinski definition) is 3. The number of nitrogen functional groups attached to an aromatic ring is 1. The van der Waals surface area contributed by atoms with Crippen LogP contribution in [0.3, 0.4) is 0 Å². The predicted molar refractivity (Wildman–Crippen MR) is 118 cm³/mol. The average molecular weight is 439 g/mol. The molecule has 32 heavy (non-hydrogen) atoms. The number of pyridine rings is 3. The standard InChI is InChI=1S/C22H23F2N7O/c1-12-4-7-28-21(18(12)24)19-14(23)9-15(26)20(30-19)22(32)29-16-10-27-6-5-17(16)31-8-2-3-13(25)11-31/h4-7,9-10,13H,2-3,8,11,25-26H2,1H3,(H,29,32)/t13-/m0/s1. The highest BCUT2D eigenvalue weighted by atomic mass is 19.1. The molecule has 1 amide bonds. The van der Waals surface area contributed by atoms with Crippen LogP contribution in [0.25, 0.3) is 11.4 Å². The van der Waals surface area contributed by atoms with Crippen molar-refractivity contribution in [1.82, 2.24) is 15.0 Å². The molecule has 3 aromatic heterocycles. The summed E-state index contributed by atoms with van der Waals surface area (Å²) in [5, 5.41) is 2.74. The van der Waals surface area contributed by atoms with Gasteiger partial charge >= 0.3 is 0 Å². The number of anilines is 3. The topological polar surface area (TPSA) is 123 Å². The van der Waals surface area contributed by atoms with Crippen LogP contribution in [-0.4, -0.2) is 40.0 Å². The van der Waals surface area contributed by atoms with E-state index in [0.29, 0.717) is 12.2 Å². The number of nitrogens with one attached hydrogen (secondary N) is 1. The van der Waals surface area contributed by atoms with E-state index in [1.54, 1.807) is 12.3 Å². The number of aromatic nitrogens is 3. The third-order valence-electron chi connectivity index (χ3n) is 5.37. The minimum absolute atomic E-state index is 0.0363. The van der Waals surface area contributed by atoms with Crippen molar-refractivity contribution < 1.29 is 13.6 Å². The molecule has 4 rings (SSSR count). The number of aryl methyl sites for hydroxylation is 1. The number of nitrogens with two attached hydrogens (primary N) is 2. The van der Waals surface area contributed by atoms with Crippen LogP contribution >= 0.6 is 0 Å².